The Morgan fingerprint density at radius 1 is 1.10 bits per heavy atom. The van der Waals surface area contributed by atoms with Gasteiger partial charge < -0.3 is 18.7 Å². The first-order valence-electron chi connectivity index (χ1n) is 6.71. The maximum absolute atomic E-state index is 12.1. The summed E-state index contributed by atoms with van der Waals surface area (Å²) in [5.74, 6) is -0.827. The SMILES string of the molecule is COCC(C)(COC(C)=O)C(=O)OCCC[N+](C)(C)C.Cl. The fraction of sp³-hybridized carbons (Fsp3) is 0.857. The van der Waals surface area contributed by atoms with Gasteiger partial charge in [-0.1, -0.05) is 0 Å². The molecule has 0 spiro atoms. The molecule has 0 bridgehead atoms. The van der Waals surface area contributed by atoms with Crippen LogP contribution in [-0.4, -0.2) is 71.0 Å². The average molecular weight is 327 g/mol. The van der Waals surface area contributed by atoms with Gasteiger partial charge >= 0.3 is 11.9 Å². The third kappa shape index (κ3) is 10.5. The summed E-state index contributed by atoms with van der Waals surface area (Å²) in [5, 5.41) is 0. The van der Waals surface area contributed by atoms with E-state index in [0.29, 0.717) is 6.61 Å². The van der Waals surface area contributed by atoms with Crippen LogP contribution in [0.3, 0.4) is 0 Å². The van der Waals surface area contributed by atoms with E-state index in [-0.39, 0.29) is 25.6 Å². The van der Waals surface area contributed by atoms with E-state index in [1.165, 1.54) is 14.0 Å². The van der Waals surface area contributed by atoms with Crippen LogP contribution in [0.4, 0.5) is 0 Å². The highest BCUT2D eigenvalue weighted by atomic mass is 35.5. The molecule has 0 fully saturated rings. The molecule has 0 saturated heterocycles. The number of esters is 2. The Labute approximate surface area is 133 Å². The van der Waals surface area contributed by atoms with E-state index in [9.17, 15) is 9.59 Å². The van der Waals surface area contributed by atoms with Gasteiger partial charge in [0.15, 0.2) is 0 Å². The molecular weight excluding hydrogens is 298 g/mol. The van der Waals surface area contributed by atoms with Crippen molar-refractivity contribution in [1.29, 1.82) is 0 Å². The molecule has 1 unspecified atom stereocenters. The minimum absolute atomic E-state index is 0. The normalized spacial score (nSPS) is 13.8. The minimum Gasteiger partial charge on any atom is -0.465 e. The van der Waals surface area contributed by atoms with Crippen LogP contribution in [0.25, 0.3) is 0 Å². The van der Waals surface area contributed by atoms with Gasteiger partial charge in [0.1, 0.15) is 12.0 Å². The number of carbonyl (C=O) groups is 2. The molecular formula is C14H29ClNO5+. The van der Waals surface area contributed by atoms with E-state index >= 15 is 0 Å². The van der Waals surface area contributed by atoms with Crippen LogP contribution in [0.15, 0.2) is 0 Å². The highest BCUT2D eigenvalue weighted by Gasteiger charge is 2.36. The molecule has 1 atom stereocenters. The number of nitrogens with zero attached hydrogens (tertiary/aromatic N) is 1. The molecule has 6 nitrogen and oxygen atoms in total. The van der Waals surface area contributed by atoms with Gasteiger partial charge in [0.25, 0.3) is 0 Å². The first-order chi connectivity index (χ1) is 9.10. The highest BCUT2D eigenvalue weighted by Crippen LogP contribution is 2.20. The van der Waals surface area contributed by atoms with Crippen molar-refractivity contribution in [1.82, 2.24) is 0 Å². The molecule has 0 saturated carbocycles. The van der Waals surface area contributed by atoms with Gasteiger partial charge in [-0.3, -0.25) is 9.59 Å². The quantitative estimate of drug-likeness (QED) is 0.363. The van der Waals surface area contributed by atoms with Crippen LogP contribution < -0.4 is 0 Å². The summed E-state index contributed by atoms with van der Waals surface area (Å²) in [7, 11) is 7.74. The van der Waals surface area contributed by atoms with Gasteiger partial charge in [0, 0.05) is 20.5 Å². The van der Waals surface area contributed by atoms with E-state index in [4.69, 9.17) is 14.2 Å². The molecule has 21 heavy (non-hydrogen) atoms. The number of hydrogen-bond acceptors (Lipinski definition) is 5. The monoisotopic (exact) mass is 326 g/mol. The molecule has 0 aromatic rings. The Bertz CT molecular complexity index is 330. The second kappa shape index (κ2) is 9.97. The van der Waals surface area contributed by atoms with Crippen LogP contribution >= 0.6 is 12.4 Å². The van der Waals surface area contributed by atoms with E-state index < -0.39 is 17.4 Å². The number of rotatable bonds is 9. The first kappa shape index (κ1) is 22.4. The molecule has 7 heteroatoms. The Balaban J connectivity index is 0. The summed E-state index contributed by atoms with van der Waals surface area (Å²) in [5.41, 5.74) is -0.961. The van der Waals surface area contributed by atoms with Gasteiger partial charge in [-0.05, 0) is 6.92 Å². The van der Waals surface area contributed by atoms with Crippen LogP contribution in [0, 0.1) is 5.41 Å². The van der Waals surface area contributed by atoms with Crippen molar-refractivity contribution in [3.63, 3.8) is 0 Å². The topological polar surface area (TPSA) is 61.8 Å². The third-order valence-electron chi connectivity index (χ3n) is 2.76. The van der Waals surface area contributed by atoms with Crippen molar-refractivity contribution in [3.05, 3.63) is 0 Å². The predicted molar refractivity (Wildman–Crippen MR) is 82.3 cm³/mol. The Morgan fingerprint density at radius 3 is 2.10 bits per heavy atom. The van der Waals surface area contributed by atoms with E-state index in [0.717, 1.165) is 17.4 Å². The maximum atomic E-state index is 12.1. The zero-order valence-corrected chi connectivity index (χ0v) is 14.7. The number of hydrogen-bond donors (Lipinski definition) is 0. The lowest BCUT2D eigenvalue weighted by atomic mass is 9.93. The Hall–Kier alpha value is -0.850. The number of quaternary nitrogens is 1. The standard InChI is InChI=1S/C14H28NO5.ClH/c1-12(16)20-11-14(2,10-18-6)13(17)19-9-7-8-15(3,4)5;/h7-11H2,1-6H3;1H/q+1;. The third-order valence-corrected chi connectivity index (χ3v) is 2.76. The van der Waals surface area contributed by atoms with Crippen molar-refractivity contribution in [3.8, 4) is 0 Å². The summed E-state index contributed by atoms with van der Waals surface area (Å²) >= 11 is 0. The number of carbonyl (C=O) groups excluding carboxylic acids is 2. The summed E-state index contributed by atoms with van der Waals surface area (Å²) in [6, 6.07) is 0. The zero-order chi connectivity index (χ0) is 15.8. The zero-order valence-electron chi connectivity index (χ0n) is 13.9. The summed E-state index contributed by atoms with van der Waals surface area (Å²) < 4.78 is 16.0. The number of halogens is 1. The molecule has 126 valence electrons. The van der Waals surface area contributed by atoms with Crippen molar-refractivity contribution >= 4 is 24.3 Å². The largest absolute Gasteiger partial charge is 0.465 e. The molecule has 0 amide bonds. The Kier molecular flexibility index (Phi) is 10.7. The van der Waals surface area contributed by atoms with Crippen LogP contribution in [0.5, 0.6) is 0 Å². The minimum atomic E-state index is -0.961. The van der Waals surface area contributed by atoms with Crippen molar-refractivity contribution < 1.29 is 28.3 Å². The van der Waals surface area contributed by atoms with Gasteiger partial charge in [0.05, 0.1) is 40.9 Å². The van der Waals surface area contributed by atoms with Crippen LogP contribution in [-0.2, 0) is 23.8 Å². The first-order valence-corrected chi connectivity index (χ1v) is 6.71. The molecule has 0 aromatic carbocycles. The predicted octanol–water partition coefficient (Wildman–Crippen LogP) is 1.26. The van der Waals surface area contributed by atoms with Gasteiger partial charge in [-0.25, -0.2) is 0 Å². The number of methoxy groups -OCH3 is 1. The lowest BCUT2D eigenvalue weighted by Crippen LogP contribution is -2.40. The molecule has 0 heterocycles. The van der Waals surface area contributed by atoms with Crippen LogP contribution in [0.1, 0.15) is 20.3 Å². The van der Waals surface area contributed by atoms with E-state index in [2.05, 4.69) is 21.1 Å². The van der Waals surface area contributed by atoms with Gasteiger partial charge in [0.2, 0.25) is 0 Å². The maximum Gasteiger partial charge on any atom is 0.317 e. The molecule has 0 rings (SSSR count). The summed E-state index contributed by atoms with van der Waals surface area (Å²) in [6.45, 7) is 4.35. The molecule has 0 radical (unpaired) electrons. The lowest BCUT2D eigenvalue weighted by Gasteiger charge is -2.27. The molecule has 0 aliphatic carbocycles. The average Bonchev–Trinajstić information content (AvgIpc) is 2.31. The van der Waals surface area contributed by atoms with E-state index in [1.54, 1.807) is 6.92 Å². The van der Waals surface area contributed by atoms with Gasteiger partial charge in [-0.2, -0.15) is 0 Å². The van der Waals surface area contributed by atoms with Crippen molar-refractivity contribution in [2.75, 3.05) is 54.6 Å². The van der Waals surface area contributed by atoms with Crippen molar-refractivity contribution in [2.24, 2.45) is 5.41 Å². The van der Waals surface area contributed by atoms with Crippen LogP contribution in [0.2, 0.25) is 0 Å². The lowest BCUT2D eigenvalue weighted by molar-refractivity contribution is -0.870. The summed E-state index contributed by atoms with van der Waals surface area (Å²) in [6.07, 6.45) is 0.784. The highest BCUT2D eigenvalue weighted by molar-refractivity contribution is 5.85. The van der Waals surface area contributed by atoms with Gasteiger partial charge in [-0.15, -0.1) is 12.4 Å². The number of ether oxygens (including phenoxy) is 3. The molecule has 0 aliphatic heterocycles. The fourth-order valence-electron chi connectivity index (χ4n) is 1.62. The molecule has 0 aliphatic rings. The smallest absolute Gasteiger partial charge is 0.317 e. The molecule has 0 N–H and O–H groups in total. The second-order valence-electron chi connectivity index (χ2n) is 6.28. The van der Waals surface area contributed by atoms with E-state index in [1.807, 2.05) is 0 Å². The van der Waals surface area contributed by atoms with Crippen molar-refractivity contribution in [2.45, 2.75) is 20.3 Å². The second-order valence-corrected chi connectivity index (χ2v) is 6.28. The summed E-state index contributed by atoms with van der Waals surface area (Å²) in [4.78, 5) is 23.0. The molecule has 0 aromatic heterocycles. The fourth-order valence-corrected chi connectivity index (χ4v) is 1.62. The Morgan fingerprint density at radius 2 is 1.67 bits per heavy atom.